The lowest BCUT2D eigenvalue weighted by Gasteiger charge is -2.02. The van der Waals surface area contributed by atoms with Crippen molar-refractivity contribution in [1.82, 2.24) is 5.32 Å². The molecule has 118 valence electrons. The molecule has 0 heterocycles. The summed E-state index contributed by atoms with van der Waals surface area (Å²) in [6.45, 7) is 2.07. The van der Waals surface area contributed by atoms with Gasteiger partial charge >= 0.3 is 5.97 Å². The number of amides is 1. The van der Waals surface area contributed by atoms with Gasteiger partial charge in [-0.3, -0.25) is 4.79 Å². The Labute approximate surface area is 135 Å². The first-order valence-electron chi connectivity index (χ1n) is 7.43. The van der Waals surface area contributed by atoms with Gasteiger partial charge in [0.25, 0.3) is 5.91 Å². The van der Waals surface area contributed by atoms with Crippen molar-refractivity contribution in [2.45, 2.75) is 13.3 Å². The molecule has 0 spiro atoms. The number of rotatable bonds is 5. The van der Waals surface area contributed by atoms with Gasteiger partial charge in [0.2, 0.25) is 0 Å². The lowest BCUT2D eigenvalue weighted by Crippen LogP contribution is -2.17. The molecule has 0 atom stereocenters. The average Bonchev–Trinajstić information content (AvgIpc) is 2.60. The number of esters is 1. The standard InChI is InChI=1S/C19H19NO3/c1-3-14-6-11-17(12-7-14)23-18(21)13-8-15-4-9-16(10-5-15)19(22)20-2/h4-13H,3H2,1-2H3,(H,20,22)/b13-8+. The molecule has 0 aliphatic heterocycles. The molecule has 2 rings (SSSR count). The van der Waals surface area contributed by atoms with Crippen LogP contribution < -0.4 is 10.1 Å². The number of nitrogens with one attached hydrogen (secondary N) is 1. The molecule has 0 saturated heterocycles. The molecule has 23 heavy (non-hydrogen) atoms. The highest BCUT2D eigenvalue weighted by atomic mass is 16.5. The third kappa shape index (κ3) is 4.81. The van der Waals surface area contributed by atoms with E-state index in [1.807, 2.05) is 12.1 Å². The highest BCUT2D eigenvalue weighted by molar-refractivity contribution is 5.94. The molecule has 4 nitrogen and oxygen atoms in total. The van der Waals surface area contributed by atoms with E-state index in [0.717, 1.165) is 12.0 Å². The summed E-state index contributed by atoms with van der Waals surface area (Å²) >= 11 is 0. The van der Waals surface area contributed by atoms with Crippen LogP contribution in [0.5, 0.6) is 5.75 Å². The van der Waals surface area contributed by atoms with E-state index >= 15 is 0 Å². The largest absolute Gasteiger partial charge is 0.423 e. The van der Waals surface area contributed by atoms with Crippen LogP contribution in [0, 0.1) is 0 Å². The highest BCUT2D eigenvalue weighted by Crippen LogP contribution is 2.13. The first-order valence-corrected chi connectivity index (χ1v) is 7.43. The van der Waals surface area contributed by atoms with E-state index in [4.69, 9.17) is 4.74 Å². The van der Waals surface area contributed by atoms with Crippen LogP contribution in [-0.2, 0) is 11.2 Å². The molecule has 0 unspecified atom stereocenters. The fraction of sp³-hybridized carbons (Fsp3) is 0.158. The maximum absolute atomic E-state index is 11.8. The molecule has 0 aromatic heterocycles. The molecule has 1 amide bonds. The topological polar surface area (TPSA) is 55.4 Å². The Kier molecular flexibility index (Phi) is 5.69. The first-order chi connectivity index (χ1) is 11.1. The van der Waals surface area contributed by atoms with Gasteiger partial charge in [-0.05, 0) is 47.9 Å². The number of aryl methyl sites for hydroxylation is 1. The number of ether oxygens (including phenoxy) is 1. The Morgan fingerprint density at radius 2 is 1.70 bits per heavy atom. The molecular weight excluding hydrogens is 290 g/mol. The Morgan fingerprint density at radius 1 is 1.04 bits per heavy atom. The van der Waals surface area contributed by atoms with E-state index in [-0.39, 0.29) is 5.91 Å². The van der Waals surface area contributed by atoms with E-state index in [2.05, 4.69) is 12.2 Å². The lowest BCUT2D eigenvalue weighted by molar-refractivity contribution is -0.128. The van der Waals surface area contributed by atoms with Gasteiger partial charge in [0.1, 0.15) is 5.75 Å². The van der Waals surface area contributed by atoms with Gasteiger partial charge in [-0.1, -0.05) is 31.2 Å². The third-order valence-electron chi connectivity index (χ3n) is 3.36. The first kappa shape index (κ1) is 16.5. The summed E-state index contributed by atoms with van der Waals surface area (Å²) in [5, 5.41) is 2.56. The van der Waals surface area contributed by atoms with Gasteiger partial charge in [0, 0.05) is 18.7 Å². The van der Waals surface area contributed by atoms with Crippen LogP contribution in [0.1, 0.15) is 28.4 Å². The summed E-state index contributed by atoms with van der Waals surface area (Å²) in [6.07, 6.45) is 3.96. The predicted octanol–water partition coefficient (Wildman–Crippen LogP) is 3.23. The monoisotopic (exact) mass is 309 g/mol. The number of carbonyl (C=O) groups excluding carboxylic acids is 2. The second kappa shape index (κ2) is 7.94. The minimum absolute atomic E-state index is 0.143. The van der Waals surface area contributed by atoms with E-state index in [9.17, 15) is 9.59 Å². The minimum atomic E-state index is -0.440. The molecule has 0 bridgehead atoms. The van der Waals surface area contributed by atoms with Crippen LogP contribution in [-0.4, -0.2) is 18.9 Å². The van der Waals surface area contributed by atoms with E-state index in [1.54, 1.807) is 49.5 Å². The normalized spacial score (nSPS) is 10.5. The van der Waals surface area contributed by atoms with Crippen LogP contribution in [0.3, 0.4) is 0 Å². The molecule has 0 aliphatic rings. The van der Waals surface area contributed by atoms with E-state index in [1.165, 1.54) is 11.6 Å². The van der Waals surface area contributed by atoms with Crippen molar-refractivity contribution >= 4 is 18.0 Å². The predicted molar refractivity (Wildman–Crippen MR) is 90.3 cm³/mol. The van der Waals surface area contributed by atoms with E-state index < -0.39 is 5.97 Å². The van der Waals surface area contributed by atoms with Crippen LogP contribution in [0.25, 0.3) is 6.08 Å². The zero-order valence-electron chi connectivity index (χ0n) is 13.2. The van der Waals surface area contributed by atoms with Crippen molar-refractivity contribution in [1.29, 1.82) is 0 Å². The van der Waals surface area contributed by atoms with Gasteiger partial charge in [0.05, 0.1) is 0 Å². The summed E-state index contributed by atoms with van der Waals surface area (Å²) in [7, 11) is 1.58. The summed E-state index contributed by atoms with van der Waals surface area (Å²) in [6, 6.07) is 14.4. The van der Waals surface area contributed by atoms with Gasteiger partial charge in [-0.25, -0.2) is 4.79 Å². The molecule has 0 aliphatic carbocycles. The van der Waals surface area contributed by atoms with Crippen LogP contribution in [0.2, 0.25) is 0 Å². The Balaban J connectivity index is 1.96. The van der Waals surface area contributed by atoms with Gasteiger partial charge in [-0.15, -0.1) is 0 Å². The third-order valence-corrected chi connectivity index (χ3v) is 3.36. The quantitative estimate of drug-likeness (QED) is 0.524. The summed E-state index contributed by atoms with van der Waals surface area (Å²) in [5.41, 5.74) is 2.58. The van der Waals surface area contributed by atoms with Crippen molar-refractivity contribution in [3.8, 4) is 5.75 Å². The molecule has 0 saturated carbocycles. The fourth-order valence-electron chi connectivity index (χ4n) is 2.00. The molecular formula is C19H19NO3. The van der Waals surface area contributed by atoms with Gasteiger partial charge < -0.3 is 10.1 Å². The fourth-order valence-corrected chi connectivity index (χ4v) is 2.00. The molecule has 0 radical (unpaired) electrons. The van der Waals surface area contributed by atoms with E-state index in [0.29, 0.717) is 11.3 Å². The Bertz CT molecular complexity index is 700. The van der Waals surface area contributed by atoms with Crippen LogP contribution in [0.4, 0.5) is 0 Å². The van der Waals surface area contributed by atoms with Gasteiger partial charge in [0.15, 0.2) is 0 Å². The maximum atomic E-state index is 11.8. The second-order valence-corrected chi connectivity index (χ2v) is 4.95. The van der Waals surface area contributed by atoms with Crippen molar-refractivity contribution in [3.63, 3.8) is 0 Å². The Hall–Kier alpha value is -2.88. The van der Waals surface area contributed by atoms with Crippen molar-refractivity contribution in [2.75, 3.05) is 7.05 Å². The number of hydrogen-bond acceptors (Lipinski definition) is 3. The van der Waals surface area contributed by atoms with Crippen molar-refractivity contribution < 1.29 is 14.3 Å². The van der Waals surface area contributed by atoms with Crippen molar-refractivity contribution in [2.24, 2.45) is 0 Å². The molecule has 0 fully saturated rings. The highest BCUT2D eigenvalue weighted by Gasteiger charge is 2.02. The van der Waals surface area contributed by atoms with Crippen LogP contribution >= 0.6 is 0 Å². The lowest BCUT2D eigenvalue weighted by atomic mass is 10.1. The number of benzene rings is 2. The molecule has 4 heteroatoms. The smallest absolute Gasteiger partial charge is 0.336 e. The zero-order chi connectivity index (χ0) is 16.7. The number of carbonyl (C=O) groups is 2. The SMILES string of the molecule is CCc1ccc(OC(=O)/C=C/c2ccc(C(=O)NC)cc2)cc1. The molecule has 2 aromatic carbocycles. The summed E-state index contributed by atoms with van der Waals surface area (Å²) < 4.78 is 5.23. The second-order valence-electron chi connectivity index (χ2n) is 4.95. The summed E-state index contributed by atoms with van der Waals surface area (Å²) in [5.74, 6) is -0.0630. The number of hydrogen-bond donors (Lipinski definition) is 1. The summed E-state index contributed by atoms with van der Waals surface area (Å²) in [4.78, 5) is 23.2. The minimum Gasteiger partial charge on any atom is -0.423 e. The maximum Gasteiger partial charge on any atom is 0.336 e. The zero-order valence-corrected chi connectivity index (χ0v) is 13.2. The van der Waals surface area contributed by atoms with Crippen LogP contribution in [0.15, 0.2) is 54.6 Å². The van der Waals surface area contributed by atoms with Crippen molar-refractivity contribution in [3.05, 3.63) is 71.3 Å². The van der Waals surface area contributed by atoms with Gasteiger partial charge in [-0.2, -0.15) is 0 Å². The Morgan fingerprint density at radius 3 is 2.26 bits per heavy atom. The molecule has 2 aromatic rings. The molecule has 1 N–H and O–H groups in total. The average molecular weight is 309 g/mol.